The van der Waals surface area contributed by atoms with Crippen LogP contribution in [-0.4, -0.2) is 38.2 Å². The summed E-state index contributed by atoms with van der Waals surface area (Å²) < 4.78 is 10.6. The van der Waals surface area contributed by atoms with Gasteiger partial charge in [0.15, 0.2) is 0 Å². The van der Waals surface area contributed by atoms with E-state index >= 15 is 0 Å². The Morgan fingerprint density at radius 3 is 2.70 bits per heavy atom. The van der Waals surface area contributed by atoms with Gasteiger partial charge in [-0.2, -0.15) is 0 Å². The summed E-state index contributed by atoms with van der Waals surface area (Å²) in [5, 5.41) is 0. The second-order valence-electron chi connectivity index (χ2n) is 2.85. The second-order valence-corrected chi connectivity index (χ2v) is 2.85. The Labute approximate surface area is 72.5 Å². The molecule has 0 spiro atoms. The van der Waals surface area contributed by atoms with E-state index in [1.54, 1.807) is 7.11 Å². The van der Waals surface area contributed by atoms with Gasteiger partial charge in [-0.3, -0.25) is 0 Å². The van der Waals surface area contributed by atoms with Gasteiger partial charge in [-0.15, -0.1) is 0 Å². The van der Waals surface area contributed by atoms with Gasteiger partial charge < -0.3 is 0 Å². The van der Waals surface area contributed by atoms with E-state index in [-0.39, 0.29) is 0 Å². The van der Waals surface area contributed by atoms with E-state index < -0.39 is 0 Å². The summed E-state index contributed by atoms with van der Waals surface area (Å²) in [5.41, 5.74) is 0. The predicted octanol–water partition coefficient (Wildman–Crippen LogP) is 1.36. The van der Waals surface area contributed by atoms with Crippen LogP contribution in [0.25, 0.3) is 0 Å². The van der Waals surface area contributed by atoms with Gasteiger partial charge in [-0.25, -0.2) is 0 Å². The molecule has 0 fully saturated rings. The quantitative estimate of drug-likeness (QED) is 0.313. The monoisotopic (exact) mass is 138 g/mol. The number of hydrogen-bond acceptors (Lipinski definition) is 2. The molecule has 1 unspecified atom stereocenters. The molecule has 0 amide bonds. The van der Waals surface area contributed by atoms with E-state index in [0.29, 0.717) is 6.79 Å². The van der Waals surface area contributed by atoms with E-state index in [0.717, 1.165) is 17.6 Å². The number of ether oxygens (including phenoxy) is 2. The molecule has 56 valence electrons. The Hall–Kier alpha value is 0.517. The third-order valence-corrected chi connectivity index (χ3v) is 1.27. The Balaban J connectivity index is 2.77. The van der Waals surface area contributed by atoms with Gasteiger partial charge in [-0.1, -0.05) is 0 Å². The molecule has 0 N–H and O–H groups in total. The fourth-order valence-corrected chi connectivity index (χ4v) is 0.736. The molecule has 0 aromatic rings. The molecule has 2 nitrogen and oxygen atoms in total. The van der Waals surface area contributed by atoms with Gasteiger partial charge in [0.05, 0.1) is 0 Å². The van der Waals surface area contributed by atoms with Crippen molar-refractivity contribution < 1.29 is 9.47 Å². The summed E-state index contributed by atoms with van der Waals surface area (Å²) >= 11 is 2.22. The normalized spacial score (nSPS) is 13.6. The van der Waals surface area contributed by atoms with Crippen molar-refractivity contribution >= 4 is 17.7 Å². The van der Waals surface area contributed by atoms with Crippen molar-refractivity contribution in [2.24, 2.45) is 0 Å². The molecule has 0 saturated carbocycles. The maximum atomic E-state index is 5.11. The summed E-state index contributed by atoms with van der Waals surface area (Å²) in [6.07, 6.45) is 2.38. The number of hydrogen-bond donors (Lipinski definition) is 0. The van der Waals surface area contributed by atoms with E-state index in [9.17, 15) is 0 Å². The molecule has 0 rings (SSSR count). The van der Waals surface area contributed by atoms with Crippen LogP contribution in [0.5, 0.6) is 0 Å². The molecule has 0 aliphatic carbocycles. The molecule has 0 aromatic carbocycles. The van der Waals surface area contributed by atoms with Crippen molar-refractivity contribution in [2.45, 2.75) is 24.4 Å². The number of methoxy groups -OCH3 is 1. The Morgan fingerprint density at radius 2 is 2.20 bits per heavy atom. The van der Waals surface area contributed by atoms with Crippen LogP contribution < -0.4 is 0 Å². The molecular formula is C7H15LiO2. The SMILES string of the molecule is [Li][CH](C)CCCOCOC. The first-order valence-corrected chi connectivity index (χ1v) is 3.84. The molecule has 1 atom stereocenters. The van der Waals surface area contributed by atoms with Crippen molar-refractivity contribution in [3.8, 4) is 0 Å². The Morgan fingerprint density at radius 1 is 1.50 bits per heavy atom. The first kappa shape index (κ1) is 10.5. The van der Waals surface area contributed by atoms with Crippen LogP contribution in [0.4, 0.5) is 0 Å². The van der Waals surface area contributed by atoms with Gasteiger partial charge in [0.1, 0.15) is 0 Å². The first-order chi connectivity index (χ1) is 4.77. The topological polar surface area (TPSA) is 18.5 Å². The maximum absolute atomic E-state index is 5.11. The van der Waals surface area contributed by atoms with Crippen molar-refractivity contribution in [1.29, 1.82) is 0 Å². The van der Waals surface area contributed by atoms with Gasteiger partial charge in [0.2, 0.25) is 0 Å². The molecule has 0 saturated heterocycles. The van der Waals surface area contributed by atoms with Crippen LogP contribution in [0.1, 0.15) is 19.8 Å². The summed E-state index contributed by atoms with van der Waals surface area (Å²) in [4.78, 5) is 0. The summed E-state index contributed by atoms with van der Waals surface area (Å²) in [7, 11) is 1.64. The van der Waals surface area contributed by atoms with E-state index in [1.807, 2.05) is 0 Å². The van der Waals surface area contributed by atoms with Crippen LogP contribution in [0.2, 0.25) is 4.59 Å². The Bertz CT molecular complexity index is 66.6. The zero-order valence-electron chi connectivity index (χ0n) is 7.22. The van der Waals surface area contributed by atoms with Gasteiger partial charge in [0, 0.05) is 0 Å². The predicted molar refractivity (Wildman–Crippen MR) is 42.2 cm³/mol. The van der Waals surface area contributed by atoms with Crippen LogP contribution in [0, 0.1) is 0 Å². The average Bonchev–Trinajstić information content (AvgIpc) is 1.87. The molecule has 3 heteroatoms. The zero-order valence-corrected chi connectivity index (χ0v) is 7.22. The van der Waals surface area contributed by atoms with Crippen LogP contribution >= 0.6 is 0 Å². The molecular weight excluding hydrogens is 123 g/mol. The van der Waals surface area contributed by atoms with Crippen LogP contribution in [-0.2, 0) is 9.47 Å². The van der Waals surface area contributed by atoms with E-state index in [1.165, 1.54) is 6.42 Å². The molecule has 0 radical (unpaired) electrons. The summed E-state index contributed by atoms with van der Waals surface area (Å²) in [5.74, 6) is 0. The van der Waals surface area contributed by atoms with Crippen molar-refractivity contribution in [3.05, 3.63) is 0 Å². The van der Waals surface area contributed by atoms with Gasteiger partial charge in [-0.05, 0) is 0 Å². The van der Waals surface area contributed by atoms with E-state index in [2.05, 4.69) is 24.6 Å². The average molecular weight is 138 g/mol. The third-order valence-electron chi connectivity index (χ3n) is 1.27. The molecule has 10 heavy (non-hydrogen) atoms. The van der Waals surface area contributed by atoms with Crippen molar-refractivity contribution in [3.63, 3.8) is 0 Å². The summed E-state index contributed by atoms with van der Waals surface area (Å²) in [6, 6.07) is 0. The minimum absolute atomic E-state index is 0.429. The zero-order chi connectivity index (χ0) is 7.82. The standard InChI is InChI=1S/C7H15O2.Li/c1-3-4-5-6-9-7-8-2;/h3H,4-7H2,1-2H3;. The first-order valence-electron chi connectivity index (χ1n) is 3.84. The van der Waals surface area contributed by atoms with Crippen LogP contribution in [0.3, 0.4) is 0 Å². The molecule has 0 aliphatic heterocycles. The fourth-order valence-electron chi connectivity index (χ4n) is 0.736. The molecule has 0 aliphatic rings. The van der Waals surface area contributed by atoms with Gasteiger partial charge >= 0.3 is 72.1 Å². The Kier molecular flexibility index (Phi) is 8.02. The van der Waals surface area contributed by atoms with Crippen molar-refractivity contribution in [2.75, 3.05) is 20.5 Å². The number of rotatable bonds is 6. The molecule has 0 aromatic heterocycles. The van der Waals surface area contributed by atoms with Crippen molar-refractivity contribution in [1.82, 2.24) is 0 Å². The van der Waals surface area contributed by atoms with E-state index in [4.69, 9.17) is 9.47 Å². The molecule has 0 heterocycles. The third kappa shape index (κ3) is 8.52. The van der Waals surface area contributed by atoms with Gasteiger partial charge in [0.25, 0.3) is 0 Å². The van der Waals surface area contributed by atoms with Crippen LogP contribution in [0.15, 0.2) is 0 Å². The summed E-state index contributed by atoms with van der Waals surface area (Å²) in [6.45, 7) is 3.47. The fraction of sp³-hybridized carbons (Fsp3) is 1.00. The molecule has 0 bridgehead atoms. The minimum atomic E-state index is 0.429. The second kappa shape index (κ2) is 7.62.